The maximum atomic E-state index is 8.69. The second-order valence-electron chi connectivity index (χ2n) is 3.74. The minimum Gasteiger partial charge on any atom is -0.272 e. The summed E-state index contributed by atoms with van der Waals surface area (Å²) >= 11 is 0. The maximum absolute atomic E-state index is 8.69. The Bertz CT molecular complexity index is 306. The number of hydrogen-bond donors (Lipinski definition) is 0. The Morgan fingerprint density at radius 1 is 1.54 bits per heavy atom. The summed E-state index contributed by atoms with van der Waals surface area (Å²) in [5, 5.41) is 12.9. The monoisotopic (exact) mass is 177 g/mol. The van der Waals surface area contributed by atoms with Gasteiger partial charge in [-0.05, 0) is 12.8 Å². The summed E-state index contributed by atoms with van der Waals surface area (Å²) in [6, 6.07) is 2.19. The van der Waals surface area contributed by atoms with Crippen LogP contribution >= 0.6 is 0 Å². The SMILES string of the molecule is CC(C)Cn1cc(C(C)C#N)cn1. The van der Waals surface area contributed by atoms with Crippen LogP contribution in [0.4, 0.5) is 0 Å². The molecule has 70 valence electrons. The molecule has 1 aromatic heterocycles. The van der Waals surface area contributed by atoms with Crippen LogP contribution in [-0.4, -0.2) is 9.78 Å². The minimum absolute atomic E-state index is 0.0547. The molecule has 1 heterocycles. The zero-order valence-corrected chi connectivity index (χ0v) is 8.36. The summed E-state index contributed by atoms with van der Waals surface area (Å²) in [7, 11) is 0. The average molecular weight is 177 g/mol. The van der Waals surface area contributed by atoms with Crippen molar-refractivity contribution in [1.29, 1.82) is 5.26 Å². The third kappa shape index (κ3) is 2.59. The molecule has 13 heavy (non-hydrogen) atoms. The highest BCUT2D eigenvalue weighted by Gasteiger charge is 2.06. The number of nitriles is 1. The van der Waals surface area contributed by atoms with Gasteiger partial charge in [0.2, 0.25) is 0 Å². The summed E-state index contributed by atoms with van der Waals surface area (Å²) in [5.41, 5.74) is 1.00. The summed E-state index contributed by atoms with van der Waals surface area (Å²) in [5.74, 6) is 0.533. The molecule has 0 amide bonds. The Morgan fingerprint density at radius 2 is 2.23 bits per heavy atom. The van der Waals surface area contributed by atoms with Gasteiger partial charge in [-0.25, -0.2) is 0 Å². The van der Waals surface area contributed by atoms with E-state index in [0.29, 0.717) is 5.92 Å². The molecule has 0 spiro atoms. The van der Waals surface area contributed by atoms with Crippen molar-refractivity contribution in [2.45, 2.75) is 33.2 Å². The Kier molecular flexibility index (Phi) is 3.07. The lowest BCUT2D eigenvalue weighted by Gasteiger charge is -2.03. The topological polar surface area (TPSA) is 41.6 Å². The zero-order chi connectivity index (χ0) is 9.84. The van der Waals surface area contributed by atoms with Gasteiger partial charge in [-0.3, -0.25) is 4.68 Å². The van der Waals surface area contributed by atoms with Crippen LogP contribution in [0.1, 0.15) is 32.3 Å². The average Bonchev–Trinajstić information content (AvgIpc) is 2.50. The fourth-order valence-electron chi connectivity index (χ4n) is 1.15. The molecule has 0 saturated carbocycles. The zero-order valence-electron chi connectivity index (χ0n) is 8.36. The number of hydrogen-bond acceptors (Lipinski definition) is 2. The van der Waals surface area contributed by atoms with Crippen molar-refractivity contribution >= 4 is 0 Å². The summed E-state index contributed by atoms with van der Waals surface area (Å²) in [6.45, 7) is 7.10. The lowest BCUT2D eigenvalue weighted by Crippen LogP contribution is -2.04. The molecule has 3 heteroatoms. The van der Waals surface area contributed by atoms with E-state index in [1.807, 2.05) is 17.8 Å². The van der Waals surface area contributed by atoms with Gasteiger partial charge < -0.3 is 0 Å². The van der Waals surface area contributed by atoms with Gasteiger partial charge in [-0.2, -0.15) is 10.4 Å². The maximum Gasteiger partial charge on any atom is 0.0715 e. The Hall–Kier alpha value is -1.30. The molecule has 1 rings (SSSR count). The third-order valence-corrected chi connectivity index (χ3v) is 1.90. The van der Waals surface area contributed by atoms with Crippen LogP contribution in [0, 0.1) is 17.2 Å². The molecule has 1 aromatic rings. The van der Waals surface area contributed by atoms with Crippen LogP contribution in [0.25, 0.3) is 0 Å². The van der Waals surface area contributed by atoms with E-state index < -0.39 is 0 Å². The second-order valence-corrected chi connectivity index (χ2v) is 3.74. The Balaban J connectivity index is 2.70. The van der Waals surface area contributed by atoms with Crippen molar-refractivity contribution in [2.24, 2.45) is 5.92 Å². The van der Waals surface area contributed by atoms with Gasteiger partial charge in [0.25, 0.3) is 0 Å². The summed E-state index contributed by atoms with van der Waals surface area (Å²) in [6.07, 6.45) is 3.73. The first-order valence-electron chi connectivity index (χ1n) is 4.55. The number of rotatable bonds is 3. The van der Waals surface area contributed by atoms with E-state index in [1.54, 1.807) is 6.20 Å². The lowest BCUT2D eigenvalue weighted by molar-refractivity contribution is 0.483. The summed E-state index contributed by atoms with van der Waals surface area (Å²) in [4.78, 5) is 0. The van der Waals surface area contributed by atoms with Crippen LogP contribution in [0.3, 0.4) is 0 Å². The van der Waals surface area contributed by atoms with Gasteiger partial charge >= 0.3 is 0 Å². The molecule has 0 radical (unpaired) electrons. The van der Waals surface area contributed by atoms with Crippen molar-refractivity contribution in [2.75, 3.05) is 0 Å². The van der Waals surface area contributed by atoms with Crippen LogP contribution in [0.15, 0.2) is 12.4 Å². The van der Waals surface area contributed by atoms with Crippen molar-refractivity contribution in [3.8, 4) is 6.07 Å². The van der Waals surface area contributed by atoms with E-state index >= 15 is 0 Å². The molecule has 0 aliphatic carbocycles. The first kappa shape index (κ1) is 9.79. The molecular weight excluding hydrogens is 162 g/mol. The van der Waals surface area contributed by atoms with Crippen LogP contribution < -0.4 is 0 Å². The highest BCUT2D eigenvalue weighted by atomic mass is 15.3. The largest absolute Gasteiger partial charge is 0.272 e. The highest BCUT2D eigenvalue weighted by Crippen LogP contribution is 2.12. The van der Waals surface area contributed by atoms with Gasteiger partial charge in [0.1, 0.15) is 0 Å². The Labute approximate surface area is 79.0 Å². The van der Waals surface area contributed by atoms with Gasteiger partial charge in [-0.1, -0.05) is 13.8 Å². The van der Waals surface area contributed by atoms with Gasteiger partial charge in [0.15, 0.2) is 0 Å². The van der Waals surface area contributed by atoms with Crippen LogP contribution in [0.5, 0.6) is 0 Å². The highest BCUT2D eigenvalue weighted by molar-refractivity contribution is 5.17. The molecule has 1 unspecified atom stereocenters. The fourth-order valence-corrected chi connectivity index (χ4v) is 1.15. The first-order valence-corrected chi connectivity index (χ1v) is 4.55. The fraction of sp³-hybridized carbons (Fsp3) is 0.600. The third-order valence-electron chi connectivity index (χ3n) is 1.90. The molecule has 3 nitrogen and oxygen atoms in total. The van der Waals surface area contributed by atoms with E-state index in [4.69, 9.17) is 5.26 Å². The van der Waals surface area contributed by atoms with E-state index in [2.05, 4.69) is 25.0 Å². The normalized spacial score (nSPS) is 12.8. The van der Waals surface area contributed by atoms with Crippen LogP contribution in [-0.2, 0) is 6.54 Å². The molecule has 0 bridgehead atoms. The molecular formula is C10H15N3. The van der Waals surface area contributed by atoms with E-state index in [9.17, 15) is 0 Å². The van der Waals surface area contributed by atoms with E-state index in [1.165, 1.54) is 0 Å². The van der Waals surface area contributed by atoms with Crippen molar-refractivity contribution in [3.63, 3.8) is 0 Å². The number of aromatic nitrogens is 2. The molecule has 0 aliphatic heterocycles. The smallest absolute Gasteiger partial charge is 0.0715 e. The molecule has 0 saturated heterocycles. The quantitative estimate of drug-likeness (QED) is 0.710. The molecule has 0 aromatic carbocycles. The van der Waals surface area contributed by atoms with Gasteiger partial charge in [-0.15, -0.1) is 0 Å². The molecule has 0 aliphatic rings. The van der Waals surface area contributed by atoms with E-state index in [-0.39, 0.29) is 5.92 Å². The minimum atomic E-state index is -0.0547. The van der Waals surface area contributed by atoms with Crippen molar-refractivity contribution in [1.82, 2.24) is 9.78 Å². The predicted octanol–water partition coefficient (Wildman–Crippen LogP) is 2.17. The Morgan fingerprint density at radius 3 is 2.77 bits per heavy atom. The van der Waals surface area contributed by atoms with Crippen LogP contribution in [0.2, 0.25) is 0 Å². The van der Waals surface area contributed by atoms with Crippen molar-refractivity contribution in [3.05, 3.63) is 18.0 Å². The lowest BCUT2D eigenvalue weighted by atomic mass is 10.1. The van der Waals surface area contributed by atoms with Crippen molar-refractivity contribution < 1.29 is 0 Å². The molecule has 0 N–H and O–H groups in total. The molecule has 1 atom stereocenters. The van der Waals surface area contributed by atoms with Gasteiger partial charge in [0.05, 0.1) is 18.2 Å². The van der Waals surface area contributed by atoms with E-state index in [0.717, 1.165) is 12.1 Å². The standard InChI is InChI=1S/C10H15N3/c1-8(2)6-13-7-10(5-12-13)9(3)4-11/h5,7-9H,6H2,1-3H3. The first-order chi connectivity index (χ1) is 6.13. The predicted molar refractivity (Wildman–Crippen MR) is 51.1 cm³/mol. The molecule has 0 fully saturated rings. The summed E-state index contributed by atoms with van der Waals surface area (Å²) < 4.78 is 1.90. The van der Waals surface area contributed by atoms with Gasteiger partial charge in [0, 0.05) is 18.3 Å². The second kappa shape index (κ2) is 4.08. The number of nitrogens with zero attached hydrogens (tertiary/aromatic N) is 3.